The third-order valence-corrected chi connectivity index (χ3v) is 2.64. The molecule has 18 heavy (non-hydrogen) atoms. The maximum absolute atomic E-state index is 13.6. The van der Waals surface area contributed by atoms with Gasteiger partial charge in [0.25, 0.3) is 0 Å². The first kappa shape index (κ1) is 14.2. The summed E-state index contributed by atoms with van der Waals surface area (Å²) in [6.45, 7) is 1.46. The summed E-state index contributed by atoms with van der Waals surface area (Å²) >= 11 is 0. The lowest BCUT2D eigenvalue weighted by Crippen LogP contribution is -2.29. The molecule has 1 aromatic rings. The second-order valence-corrected chi connectivity index (χ2v) is 4.42. The standard InChI is InChI=1S/C12H18FN3O2/c1-15(2)4-5-16(3)11-7-9(13)8(12(17)18)6-10(11)14/h6-7H,4-5,14H2,1-3H3,(H,17,18). The molecule has 0 aromatic heterocycles. The number of hydrogen-bond acceptors (Lipinski definition) is 4. The summed E-state index contributed by atoms with van der Waals surface area (Å²) in [5, 5.41) is 8.78. The van der Waals surface area contributed by atoms with Gasteiger partial charge in [-0.05, 0) is 20.2 Å². The number of carboxylic acid groups (broad SMARTS) is 1. The van der Waals surface area contributed by atoms with Crippen LogP contribution in [-0.2, 0) is 0 Å². The van der Waals surface area contributed by atoms with Crippen molar-refractivity contribution in [1.29, 1.82) is 0 Å². The van der Waals surface area contributed by atoms with Gasteiger partial charge in [-0.25, -0.2) is 9.18 Å². The van der Waals surface area contributed by atoms with Crippen LogP contribution in [0.25, 0.3) is 0 Å². The highest BCUT2D eigenvalue weighted by Crippen LogP contribution is 2.25. The largest absolute Gasteiger partial charge is 0.478 e. The van der Waals surface area contributed by atoms with Crippen LogP contribution in [0.1, 0.15) is 10.4 Å². The molecule has 0 fully saturated rings. The lowest BCUT2D eigenvalue weighted by Gasteiger charge is -2.23. The van der Waals surface area contributed by atoms with Crippen molar-refractivity contribution in [1.82, 2.24) is 4.90 Å². The van der Waals surface area contributed by atoms with E-state index in [1.165, 1.54) is 0 Å². The van der Waals surface area contributed by atoms with E-state index in [0.717, 1.165) is 18.7 Å². The van der Waals surface area contributed by atoms with Gasteiger partial charge >= 0.3 is 5.97 Å². The number of halogens is 1. The van der Waals surface area contributed by atoms with E-state index in [9.17, 15) is 9.18 Å². The maximum Gasteiger partial charge on any atom is 0.338 e. The number of anilines is 2. The molecule has 0 aliphatic rings. The van der Waals surface area contributed by atoms with Gasteiger partial charge in [-0.3, -0.25) is 0 Å². The summed E-state index contributed by atoms with van der Waals surface area (Å²) < 4.78 is 13.6. The molecule has 1 rings (SSSR count). The first-order chi connectivity index (χ1) is 8.32. The van der Waals surface area contributed by atoms with E-state index in [2.05, 4.69) is 0 Å². The summed E-state index contributed by atoms with van der Waals surface area (Å²) in [6.07, 6.45) is 0. The Morgan fingerprint density at radius 1 is 1.33 bits per heavy atom. The van der Waals surface area contributed by atoms with Crippen molar-refractivity contribution in [2.24, 2.45) is 0 Å². The van der Waals surface area contributed by atoms with E-state index >= 15 is 0 Å². The van der Waals surface area contributed by atoms with Crippen molar-refractivity contribution in [2.45, 2.75) is 0 Å². The molecular weight excluding hydrogens is 237 g/mol. The molecule has 6 heteroatoms. The average Bonchev–Trinajstić information content (AvgIpc) is 2.28. The van der Waals surface area contributed by atoms with Gasteiger partial charge in [0.15, 0.2) is 0 Å². The first-order valence-electron chi connectivity index (χ1n) is 5.51. The van der Waals surface area contributed by atoms with Crippen molar-refractivity contribution in [3.8, 4) is 0 Å². The minimum absolute atomic E-state index is 0.259. The molecule has 0 saturated heterocycles. The summed E-state index contributed by atoms with van der Waals surface area (Å²) in [5.74, 6) is -2.09. The van der Waals surface area contributed by atoms with Gasteiger partial charge in [0.05, 0.1) is 16.9 Å². The predicted octanol–water partition coefficient (Wildman–Crippen LogP) is 1.10. The van der Waals surface area contributed by atoms with Gasteiger partial charge in [-0.2, -0.15) is 0 Å². The van der Waals surface area contributed by atoms with Crippen molar-refractivity contribution in [3.05, 3.63) is 23.5 Å². The lowest BCUT2D eigenvalue weighted by atomic mass is 10.1. The number of aromatic carboxylic acids is 1. The van der Waals surface area contributed by atoms with Gasteiger partial charge in [-0.1, -0.05) is 0 Å². The monoisotopic (exact) mass is 255 g/mol. The molecule has 0 unspecified atom stereocenters. The zero-order valence-electron chi connectivity index (χ0n) is 10.8. The Morgan fingerprint density at radius 3 is 2.44 bits per heavy atom. The third-order valence-electron chi connectivity index (χ3n) is 2.64. The van der Waals surface area contributed by atoms with Gasteiger partial charge in [0.1, 0.15) is 5.82 Å². The fourth-order valence-corrected chi connectivity index (χ4v) is 1.54. The normalized spacial score (nSPS) is 10.7. The van der Waals surface area contributed by atoms with E-state index < -0.39 is 17.3 Å². The summed E-state index contributed by atoms with van der Waals surface area (Å²) in [7, 11) is 5.66. The molecule has 0 amide bonds. The highest BCUT2D eigenvalue weighted by Gasteiger charge is 2.15. The molecule has 0 spiro atoms. The zero-order valence-corrected chi connectivity index (χ0v) is 10.8. The van der Waals surface area contributed by atoms with E-state index in [-0.39, 0.29) is 5.69 Å². The van der Waals surface area contributed by atoms with Crippen LogP contribution in [0, 0.1) is 5.82 Å². The Hall–Kier alpha value is -1.82. The van der Waals surface area contributed by atoms with E-state index in [4.69, 9.17) is 10.8 Å². The molecular formula is C12H18FN3O2. The van der Waals surface area contributed by atoms with Gasteiger partial charge < -0.3 is 20.6 Å². The predicted molar refractivity (Wildman–Crippen MR) is 69.6 cm³/mol. The second-order valence-electron chi connectivity index (χ2n) is 4.42. The molecule has 1 aromatic carbocycles. The van der Waals surface area contributed by atoms with Crippen molar-refractivity contribution < 1.29 is 14.3 Å². The quantitative estimate of drug-likeness (QED) is 0.771. The molecule has 0 bridgehead atoms. The number of carbonyl (C=O) groups is 1. The third kappa shape index (κ3) is 3.33. The van der Waals surface area contributed by atoms with Crippen LogP contribution < -0.4 is 10.6 Å². The van der Waals surface area contributed by atoms with Gasteiger partial charge in [-0.15, -0.1) is 0 Å². The number of carboxylic acids is 1. The Kier molecular flexibility index (Phi) is 4.49. The van der Waals surface area contributed by atoms with Crippen molar-refractivity contribution in [3.63, 3.8) is 0 Å². The summed E-state index contributed by atoms with van der Waals surface area (Å²) in [6, 6.07) is 2.31. The fraction of sp³-hybridized carbons (Fsp3) is 0.417. The van der Waals surface area contributed by atoms with Crippen LogP contribution in [0.2, 0.25) is 0 Å². The highest BCUT2D eigenvalue weighted by atomic mass is 19.1. The van der Waals surface area contributed by atoms with Crippen LogP contribution in [0.4, 0.5) is 15.8 Å². The fourth-order valence-electron chi connectivity index (χ4n) is 1.54. The number of likely N-dealkylation sites (N-methyl/N-ethyl adjacent to an activating group) is 2. The topological polar surface area (TPSA) is 69.8 Å². The number of nitrogen functional groups attached to an aromatic ring is 1. The van der Waals surface area contributed by atoms with E-state index in [1.807, 2.05) is 19.0 Å². The van der Waals surface area contributed by atoms with E-state index in [1.54, 1.807) is 11.9 Å². The number of hydrogen-bond donors (Lipinski definition) is 2. The highest BCUT2D eigenvalue weighted by molar-refractivity contribution is 5.90. The minimum Gasteiger partial charge on any atom is -0.478 e. The average molecular weight is 255 g/mol. The summed E-state index contributed by atoms with van der Waals surface area (Å²) in [5.41, 5.74) is 6.10. The molecule has 0 saturated carbocycles. The van der Waals surface area contributed by atoms with Crippen LogP contribution in [0.15, 0.2) is 12.1 Å². The SMILES string of the molecule is CN(C)CCN(C)c1cc(F)c(C(=O)O)cc1N. The van der Waals surface area contributed by atoms with Gasteiger partial charge in [0.2, 0.25) is 0 Å². The molecule has 0 heterocycles. The minimum atomic E-state index is -1.32. The molecule has 0 atom stereocenters. The number of nitrogens with two attached hydrogens (primary N) is 1. The zero-order chi connectivity index (χ0) is 13.9. The Balaban J connectivity index is 2.96. The maximum atomic E-state index is 13.6. The lowest BCUT2D eigenvalue weighted by molar-refractivity contribution is 0.0692. The Morgan fingerprint density at radius 2 is 1.94 bits per heavy atom. The molecule has 5 nitrogen and oxygen atoms in total. The van der Waals surface area contributed by atoms with Crippen LogP contribution in [0.3, 0.4) is 0 Å². The Bertz CT molecular complexity index is 449. The molecule has 0 aliphatic heterocycles. The number of rotatable bonds is 5. The molecule has 0 aliphatic carbocycles. The smallest absolute Gasteiger partial charge is 0.338 e. The second kappa shape index (κ2) is 5.68. The Labute approximate surface area is 106 Å². The van der Waals surface area contributed by atoms with Crippen LogP contribution >= 0.6 is 0 Å². The first-order valence-corrected chi connectivity index (χ1v) is 5.51. The van der Waals surface area contributed by atoms with Gasteiger partial charge in [0, 0.05) is 26.2 Å². The van der Waals surface area contributed by atoms with Crippen LogP contribution in [0.5, 0.6) is 0 Å². The number of nitrogens with zero attached hydrogens (tertiary/aromatic N) is 2. The van der Waals surface area contributed by atoms with Crippen molar-refractivity contribution >= 4 is 17.3 Å². The number of benzene rings is 1. The molecule has 100 valence electrons. The van der Waals surface area contributed by atoms with Crippen molar-refractivity contribution in [2.75, 3.05) is 44.9 Å². The molecule has 3 N–H and O–H groups in total. The summed E-state index contributed by atoms with van der Waals surface area (Å²) in [4.78, 5) is 14.5. The van der Waals surface area contributed by atoms with E-state index in [0.29, 0.717) is 12.2 Å². The van der Waals surface area contributed by atoms with Crippen LogP contribution in [-0.4, -0.2) is 50.2 Å². The molecule has 0 radical (unpaired) electrons.